The highest BCUT2D eigenvalue weighted by atomic mass is 16.2. The second-order valence-corrected chi connectivity index (χ2v) is 5.56. The molecule has 1 aromatic rings. The van der Waals surface area contributed by atoms with Gasteiger partial charge < -0.3 is 16.0 Å². The van der Waals surface area contributed by atoms with E-state index in [-0.39, 0.29) is 17.9 Å². The predicted molar refractivity (Wildman–Crippen MR) is 77.2 cm³/mol. The number of nitrogens with two attached hydrogens (primary N) is 1. The molecule has 1 atom stereocenters. The standard InChI is InChI=1S/C15H21N3O2/c1-15(12-6-3-2-4-7-12)8-5-9-18(11-15)13(19)10-17-14(16)20/h2-4,6-7H,5,8-11H2,1H3,(H3,16,17,20)/t15-/m0/s1. The predicted octanol–water partition coefficient (Wildman–Crippen LogP) is 1.24. The first-order valence-corrected chi connectivity index (χ1v) is 6.88. The number of amides is 3. The van der Waals surface area contributed by atoms with Crippen LogP contribution >= 0.6 is 0 Å². The van der Waals surface area contributed by atoms with E-state index < -0.39 is 6.03 Å². The van der Waals surface area contributed by atoms with E-state index in [9.17, 15) is 9.59 Å². The van der Waals surface area contributed by atoms with Gasteiger partial charge in [0.2, 0.25) is 5.91 Å². The number of hydrogen-bond donors (Lipinski definition) is 2. The van der Waals surface area contributed by atoms with Crippen LogP contribution in [-0.2, 0) is 10.2 Å². The molecule has 0 saturated carbocycles. The summed E-state index contributed by atoms with van der Waals surface area (Å²) in [6.07, 6.45) is 2.03. The van der Waals surface area contributed by atoms with Gasteiger partial charge >= 0.3 is 6.03 Å². The number of carbonyl (C=O) groups is 2. The van der Waals surface area contributed by atoms with Gasteiger partial charge in [-0.15, -0.1) is 0 Å². The Labute approximate surface area is 119 Å². The molecule has 0 aromatic heterocycles. The van der Waals surface area contributed by atoms with E-state index in [1.54, 1.807) is 0 Å². The maximum Gasteiger partial charge on any atom is 0.312 e. The lowest BCUT2D eigenvalue weighted by atomic mass is 9.76. The molecule has 0 radical (unpaired) electrons. The number of rotatable bonds is 3. The Hall–Kier alpha value is -2.04. The Bertz CT molecular complexity index is 489. The highest BCUT2D eigenvalue weighted by molar-refractivity contribution is 5.83. The van der Waals surface area contributed by atoms with Gasteiger partial charge in [-0.2, -0.15) is 0 Å². The van der Waals surface area contributed by atoms with E-state index in [1.807, 2.05) is 23.1 Å². The van der Waals surface area contributed by atoms with E-state index in [0.717, 1.165) is 19.4 Å². The molecule has 108 valence electrons. The zero-order valence-corrected chi connectivity index (χ0v) is 11.8. The van der Waals surface area contributed by atoms with Crippen molar-refractivity contribution in [2.75, 3.05) is 19.6 Å². The van der Waals surface area contributed by atoms with E-state index >= 15 is 0 Å². The van der Waals surface area contributed by atoms with Crippen molar-refractivity contribution >= 4 is 11.9 Å². The fraction of sp³-hybridized carbons (Fsp3) is 0.467. The molecule has 0 aliphatic carbocycles. The third-order valence-corrected chi connectivity index (χ3v) is 3.93. The topological polar surface area (TPSA) is 75.4 Å². The van der Waals surface area contributed by atoms with Crippen LogP contribution in [0, 0.1) is 0 Å². The number of carbonyl (C=O) groups excluding carboxylic acids is 2. The van der Waals surface area contributed by atoms with Crippen molar-refractivity contribution in [1.29, 1.82) is 0 Å². The maximum absolute atomic E-state index is 12.1. The summed E-state index contributed by atoms with van der Waals surface area (Å²) in [6, 6.07) is 9.59. The molecular weight excluding hydrogens is 254 g/mol. The molecule has 5 nitrogen and oxygen atoms in total. The van der Waals surface area contributed by atoms with Crippen LogP contribution in [0.15, 0.2) is 30.3 Å². The number of nitrogens with zero attached hydrogens (tertiary/aromatic N) is 1. The molecule has 1 aliphatic heterocycles. The minimum atomic E-state index is -0.666. The van der Waals surface area contributed by atoms with Gasteiger partial charge in [0, 0.05) is 18.5 Å². The van der Waals surface area contributed by atoms with Crippen LogP contribution in [0.2, 0.25) is 0 Å². The van der Waals surface area contributed by atoms with Crippen LogP contribution in [0.4, 0.5) is 4.79 Å². The zero-order valence-electron chi connectivity index (χ0n) is 11.8. The van der Waals surface area contributed by atoms with E-state index in [2.05, 4.69) is 24.4 Å². The SMILES string of the molecule is C[C@]1(c2ccccc2)CCCN(C(=O)CNC(N)=O)C1. The van der Waals surface area contributed by atoms with Gasteiger partial charge in [0.15, 0.2) is 0 Å². The Balaban J connectivity index is 2.04. The van der Waals surface area contributed by atoms with Crippen molar-refractivity contribution in [3.8, 4) is 0 Å². The molecular formula is C15H21N3O2. The van der Waals surface area contributed by atoms with Crippen molar-refractivity contribution in [1.82, 2.24) is 10.2 Å². The molecule has 1 saturated heterocycles. The van der Waals surface area contributed by atoms with Crippen LogP contribution < -0.4 is 11.1 Å². The molecule has 20 heavy (non-hydrogen) atoms. The molecule has 1 aromatic carbocycles. The second kappa shape index (κ2) is 5.94. The Morgan fingerprint density at radius 1 is 1.35 bits per heavy atom. The molecule has 0 bridgehead atoms. The van der Waals surface area contributed by atoms with Crippen molar-refractivity contribution in [2.45, 2.75) is 25.2 Å². The van der Waals surface area contributed by atoms with Crippen LogP contribution in [-0.4, -0.2) is 36.5 Å². The highest BCUT2D eigenvalue weighted by Crippen LogP contribution is 2.33. The molecule has 3 N–H and O–H groups in total. The number of benzene rings is 1. The third-order valence-electron chi connectivity index (χ3n) is 3.93. The van der Waals surface area contributed by atoms with Crippen molar-refractivity contribution in [3.63, 3.8) is 0 Å². The van der Waals surface area contributed by atoms with Crippen LogP contribution in [0.3, 0.4) is 0 Å². The molecule has 0 unspecified atom stereocenters. The monoisotopic (exact) mass is 275 g/mol. The molecule has 3 amide bonds. The molecule has 5 heteroatoms. The van der Waals surface area contributed by atoms with Gasteiger partial charge in [-0.25, -0.2) is 4.79 Å². The largest absolute Gasteiger partial charge is 0.352 e. The van der Waals surface area contributed by atoms with Crippen LogP contribution in [0.25, 0.3) is 0 Å². The van der Waals surface area contributed by atoms with Gasteiger partial charge in [0.25, 0.3) is 0 Å². The fourth-order valence-corrected chi connectivity index (χ4v) is 2.80. The summed E-state index contributed by atoms with van der Waals surface area (Å²) in [5.41, 5.74) is 6.22. The van der Waals surface area contributed by atoms with Gasteiger partial charge in [-0.3, -0.25) is 4.79 Å². The normalized spacial score (nSPS) is 22.4. The molecule has 1 heterocycles. The average molecular weight is 275 g/mol. The summed E-state index contributed by atoms with van der Waals surface area (Å²) in [6.45, 7) is 3.57. The number of urea groups is 1. The average Bonchev–Trinajstić information content (AvgIpc) is 2.45. The van der Waals surface area contributed by atoms with Crippen LogP contribution in [0.5, 0.6) is 0 Å². The lowest BCUT2D eigenvalue weighted by molar-refractivity contribution is -0.132. The number of piperidine rings is 1. The molecule has 0 spiro atoms. The van der Waals surface area contributed by atoms with E-state index in [1.165, 1.54) is 5.56 Å². The van der Waals surface area contributed by atoms with Crippen LogP contribution in [0.1, 0.15) is 25.3 Å². The minimum absolute atomic E-state index is 0.0259. The third kappa shape index (κ3) is 3.29. The Kier molecular flexibility index (Phi) is 4.27. The minimum Gasteiger partial charge on any atom is -0.352 e. The lowest BCUT2D eigenvalue weighted by Gasteiger charge is -2.41. The molecule has 2 rings (SSSR count). The zero-order chi connectivity index (χ0) is 14.6. The van der Waals surface area contributed by atoms with Gasteiger partial charge in [0.05, 0.1) is 6.54 Å². The van der Waals surface area contributed by atoms with E-state index in [0.29, 0.717) is 6.54 Å². The number of primary amides is 1. The smallest absolute Gasteiger partial charge is 0.312 e. The first-order valence-electron chi connectivity index (χ1n) is 6.88. The highest BCUT2D eigenvalue weighted by Gasteiger charge is 2.34. The first kappa shape index (κ1) is 14.4. The van der Waals surface area contributed by atoms with Crippen molar-refractivity contribution in [2.24, 2.45) is 5.73 Å². The Morgan fingerprint density at radius 3 is 2.70 bits per heavy atom. The fourth-order valence-electron chi connectivity index (χ4n) is 2.80. The number of hydrogen-bond acceptors (Lipinski definition) is 2. The first-order chi connectivity index (χ1) is 9.51. The molecule has 1 fully saturated rings. The van der Waals surface area contributed by atoms with Gasteiger partial charge in [-0.05, 0) is 18.4 Å². The number of likely N-dealkylation sites (tertiary alicyclic amines) is 1. The maximum atomic E-state index is 12.1. The quantitative estimate of drug-likeness (QED) is 0.870. The lowest BCUT2D eigenvalue weighted by Crippen LogP contribution is -2.50. The summed E-state index contributed by atoms with van der Waals surface area (Å²) in [4.78, 5) is 24.6. The second-order valence-electron chi connectivity index (χ2n) is 5.56. The number of nitrogens with one attached hydrogen (secondary N) is 1. The summed E-state index contributed by atoms with van der Waals surface area (Å²) in [5, 5.41) is 2.36. The summed E-state index contributed by atoms with van der Waals surface area (Å²) >= 11 is 0. The van der Waals surface area contributed by atoms with E-state index in [4.69, 9.17) is 5.73 Å². The van der Waals surface area contributed by atoms with Crippen molar-refractivity contribution in [3.05, 3.63) is 35.9 Å². The summed E-state index contributed by atoms with van der Waals surface area (Å²) in [7, 11) is 0. The summed E-state index contributed by atoms with van der Waals surface area (Å²) < 4.78 is 0. The Morgan fingerprint density at radius 2 is 2.05 bits per heavy atom. The molecule has 1 aliphatic rings. The van der Waals surface area contributed by atoms with Crippen molar-refractivity contribution < 1.29 is 9.59 Å². The van der Waals surface area contributed by atoms with Gasteiger partial charge in [0.1, 0.15) is 0 Å². The van der Waals surface area contributed by atoms with Gasteiger partial charge in [-0.1, -0.05) is 37.3 Å². The summed E-state index contributed by atoms with van der Waals surface area (Å²) in [5.74, 6) is -0.0781.